The van der Waals surface area contributed by atoms with Crippen molar-refractivity contribution >= 4 is 0 Å². The minimum atomic E-state index is -0.462. The molecule has 0 amide bonds. The van der Waals surface area contributed by atoms with E-state index in [4.69, 9.17) is 14.6 Å². The molecule has 0 atom stereocenters. The predicted octanol–water partition coefficient (Wildman–Crippen LogP) is 1.08. The molecule has 1 aliphatic heterocycles. The van der Waals surface area contributed by atoms with Gasteiger partial charge in [0.1, 0.15) is 0 Å². The van der Waals surface area contributed by atoms with Crippen LogP contribution in [0.25, 0.3) is 0 Å². The van der Waals surface area contributed by atoms with Crippen molar-refractivity contribution in [1.82, 2.24) is 0 Å². The van der Waals surface area contributed by atoms with Crippen LogP contribution in [-0.4, -0.2) is 30.7 Å². The highest BCUT2D eigenvalue weighted by Crippen LogP contribution is 2.23. The van der Waals surface area contributed by atoms with Crippen molar-refractivity contribution in [2.75, 3.05) is 19.8 Å². The Kier molecular flexibility index (Phi) is 3.26. The van der Waals surface area contributed by atoms with Crippen LogP contribution in [0, 0.1) is 0 Å². The summed E-state index contributed by atoms with van der Waals surface area (Å²) in [5, 5.41) is 8.74. The molecule has 0 spiro atoms. The van der Waals surface area contributed by atoms with Crippen molar-refractivity contribution in [2.24, 2.45) is 0 Å². The van der Waals surface area contributed by atoms with Gasteiger partial charge in [-0.1, -0.05) is 11.6 Å². The predicted molar refractivity (Wildman–Crippen MR) is 45.8 cm³/mol. The van der Waals surface area contributed by atoms with Gasteiger partial charge in [0.15, 0.2) is 5.79 Å². The van der Waals surface area contributed by atoms with Gasteiger partial charge in [0.05, 0.1) is 19.8 Å². The number of hydrogen-bond donors (Lipinski definition) is 1. The number of aliphatic hydroxyl groups is 1. The van der Waals surface area contributed by atoms with Gasteiger partial charge in [0.2, 0.25) is 0 Å². The molecule has 12 heavy (non-hydrogen) atoms. The Morgan fingerprint density at radius 3 is 2.58 bits per heavy atom. The van der Waals surface area contributed by atoms with E-state index in [9.17, 15) is 0 Å². The van der Waals surface area contributed by atoms with E-state index < -0.39 is 5.79 Å². The highest BCUT2D eigenvalue weighted by atomic mass is 16.7. The Labute approximate surface area is 73.0 Å². The second-order valence-electron chi connectivity index (χ2n) is 3.24. The van der Waals surface area contributed by atoms with Gasteiger partial charge >= 0.3 is 0 Å². The molecule has 3 nitrogen and oxygen atoms in total. The summed E-state index contributed by atoms with van der Waals surface area (Å²) in [7, 11) is 0. The minimum absolute atomic E-state index is 0.107. The second kappa shape index (κ2) is 4.03. The Morgan fingerprint density at radius 1 is 1.50 bits per heavy atom. The first-order valence-corrected chi connectivity index (χ1v) is 4.21. The monoisotopic (exact) mass is 172 g/mol. The zero-order valence-electron chi connectivity index (χ0n) is 7.67. The van der Waals surface area contributed by atoms with Crippen molar-refractivity contribution in [3.63, 3.8) is 0 Å². The number of hydrogen-bond acceptors (Lipinski definition) is 3. The number of rotatable bonds is 3. The minimum Gasteiger partial charge on any atom is -0.392 e. The summed E-state index contributed by atoms with van der Waals surface area (Å²) in [5.41, 5.74) is 0.954. The van der Waals surface area contributed by atoms with Crippen molar-refractivity contribution in [2.45, 2.75) is 26.1 Å². The molecule has 0 aliphatic carbocycles. The lowest BCUT2D eigenvalue weighted by atomic mass is 10.1. The Hall–Kier alpha value is -0.380. The van der Waals surface area contributed by atoms with Crippen LogP contribution in [0.4, 0.5) is 0 Å². The zero-order chi connectivity index (χ0) is 9.03. The molecule has 3 heteroatoms. The molecular weight excluding hydrogens is 156 g/mol. The third kappa shape index (κ3) is 2.59. The van der Waals surface area contributed by atoms with Gasteiger partial charge in [-0.05, 0) is 13.8 Å². The zero-order valence-corrected chi connectivity index (χ0v) is 7.67. The van der Waals surface area contributed by atoms with E-state index in [0.29, 0.717) is 19.6 Å². The number of ether oxygens (including phenoxy) is 2. The van der Waals surface area contributed by atoms with Gasteiger partial charge in [0.25, 0.3) is 0 Å². The van der Waals surface area contributed by atoms with Crippen LogP contribution < -0.4 is 0 Å². The molecule has 0 aromatic carbocycles. The van der Waals surface area contributed by atoms with Crippen molar-refractivity contribution in [1.29, 1.82) is 0 Å². The van der Waals surface area contributed by atoms with Crippen molar-refractivity contribution in [3.8, 4) is 0 Å². The van der Waals surface area contributed by atoms with Crippen LogP contribution in [0.15, 0.2) is 11.6 Å². The molecule has 1 rings (SSSR count). The van der Waals surface area contributed by atoms with Gasteiger partial charge < -0.3 is 14.6 Å². The molecular formula is C9H16O3. The van der Waals surface area contributed by atoms with Crippen LogP contribution in [0.1, 0.15) is 20.3 Å². The lowest BCUT2D eigenvalue weighted by molar-refractivity contribution is -0.138. The molecule has 1 heterocycles. The molecule has 70 valence electrons. The molecule has 1 fully saturated rings. The Bertz CT molecular complexity index is 169. The smallest absolute Gasteiger partial charge is 0.169 e. The summed E-state index contributed by atoms with van der Waals surface area (Å²) < 4.78 is 10.8. The quantitative estimate of drug-likeness (QED) is 0.647. The van der Waals surface area contributed by atoms with E-state index in [1.54, 1.807) is 0 Å². The maximum atomic E-state index is 8.74. The maximum absolute atomic E-state index is 8.74. The third-order valence-corrected chi connectivity index (χ3v) is 1.97. The fraction of sp³-hybridized carbons (Fsp3) is 0.778. The molecule has 1 saturated heterocycles. The molecule has 1 aliphatic rings. The fourth-order valence-electron chi connectivity index (χ4n) is 1.10. The van der Waals surface area contributed by atoms with E-state index in [1.807, 2.05) is 19.9 Å². The summed E-state index contributed by atoms with van der Waals surface area (Å²) in [5.74, 6) is -0.462. The van der Waals surface area contributed by atoms with Gasteiger partial charge in [-0.3, -0.25) is 0 Å². The Balaban J connectivity index is 2.39. The lowest BCUT2D eigenvalue weighted by Crippen LogP contribution is -2.24. The van der Waals surface area contributed by atoms with E-state index >= 15 is 0 Å². The molecule has 0 unspecified atom stereocenters. The van der Waals surface area contributed by atoms with Gasteiger partial charge in [-0.15, -0.1) is 0 Å². The first-order chi connectivity index (χ1) is 5.66. The van der Waals surface area contributed by atoms with E-state index in [2.05, 4.69) is 0 Å². The van der Waals surface area contributed by atoms with Gasteiger partial charge in [0, 0.05) is 6.42 Å². The van der Waals surface area contributed by atoms with E-state index in [-0.39, 0.29) is 6.61 Å². The van der Waals surface area contributed by atoms with E-state index in [1.165, 1.54) is 0 Å². The maximum Gasteiger partial charge on any atom is 0.169 e. The largest absolute Gasteiger partial charge is 0.392 e. The fourth-order valence-corrected chi connectivity index (χ4v) is 1.10. The first-order valence-electron chi connectivity index (χ1n) is 4.21. The summed E-state index contributed by atoms with van der Waals surface area (Å²) in [6.07, 6.45) is 2.66. The highest BCUT2D eigenvalue weighted by molar-refractivity contribution is 4.99. The number of aliphatic hydroxyl groups excluding tert-OH is 1. The molecule has 0 radical (unpaired) electrons. The van der Waals surface area contributed by atoms with Crippen molar-refractivity contribution < 1.29 is 14.6 Å². The van der Waals surface area contributed by atoms with Crippen LogP contribution in [0.3, 0.4) is 0 Å². The first kappa shape index (κ1) is 9.71. The van der Waals surface area contributed by atoms with Crippen LogP contribution >= 0.6 is 0 Å². The van der Waals surface area contributed by atoms with Crippen LogP contribution in [0.5, 0.6) is 0 Å². The molecule has 0 bridgehead atoms. The highest BCUT2D eigenvalue weighted by Gasteiger charge is 2.29. The average Bonchev–Trinajstić information content (AvgIpc) is 2.49. The SMILES string of the molecule is C/C(=C\CC1(C)OCCO1)CO. The van der Waals surface area contributed by atoms with Gasteiger partial charge in [-0.25, -0.2) is 0 Å². The normalized spacial score (nSPS) is 23.1. The molecule has 0 aromatic heterocycles. The summed E-state index contributed by atoms with van der Waals surface area (Å²) in [6, 6.07) is 0. The van der Waals surface area contributed by atoms with Gasteiger partial charge in [-0.2, -0.15) is 0 Å². The van der Waals surface area contributed by atoms with E-state index in [0.717, 1.165) is 5.57 Å². The summed E-state index contributed by atoms with van der Waals surface area (Å²) >= 11 is 0. The molecule has 1 N–H and O–H groups in total. The average molecular weight is 172 g/mol. The van der Waals surface area contributed by atoms with Crippen LogP contribution in [-0.2, 0) is 9.47 Å². The summed E-state index contributed by atoms with van der Waals surface area (Å²) in [4.78, 5) is 0. The molecule has 0 saturated carbocycles. The lowest BCUT2D eigenvalue weighted by Gasteiger charge is -2.20. The Morgan fingerprint density at radius 2 is 2.08 bits per heavy atom. The standard InChI is InChI=1S/C9H16O3/c1-8(7-10)3-4-9(2)11-5-6-12-9/h3,10H,4-7H2,1-2H3/b8-3+. The topological polar surface area (TPSA) is 38.7 Å². The third-order valence-electron chi connectivity index (χ3n) is 1.97. The summed E-state index contributed by atoms with van der Waals surface area (Å²) in [6.45, 7) is 5.25. The second-order valence-corrected chi connectivity index (χ2v) is 3.24. The van der Waals surface area contributed by atoms with Crippen molar-refractivity contribution in [3.05, 3.63) is 11.6 Å². The molecule has 0 aromatic rings. The van der Waals surface area contributed by atoms with Crippen LogP contribution in [0.2, 0.25) is 0 Å².